The molecule has 1 saturated heterocycles. The molecule has 0 aromatic carbocycles. The molecule has 2 amide bonds. The molecule has 3 rings (SSSR count). The summed E-state index contributed by atoms with van der Waals surface area (Å²) in [5, 5.41) is 31.7. The third kappa shape index (κ3) is 7.16. The number of aliphatic hydroxyl groups is 2. The molecule has 14 nitrogen and oxygen atoms in total. The van der Waals surface area contributed by atoms with Crippen LogP contribution < -0.4 is 16.8 Å². The van der Waals surface area contributed by atoms with Gasteiger partial charge in [-0.3, -0.25) is 20.1 Å². The van der Waals surface area contributed by atoms with Crippen molar-refractivity contribution in [2.24, 2.45) is 17.7 Å². The molecule has 0 spiro atoms. The highest BCUT2D eigenvalue weighted by atomic mass is 16.6. The lowest BCUT2D eigenvalue weighted by atomic mass is 9.86. The second-order valence-electron chi connectivity index (χ2n) is 9.70. The predicted octanol–water partition coefficient (Wildman–Crippen LogP) is 0.777. The number of aromatic nitrogens is 2. The molecule has 1 aromatic rings. The molecular weight excluding hydrogens is 502 g/mol. The second-order valence-corrected chi connectivity index (χ2v) is 9.70. The van der Waals surface area contributed by atoms with Gasteiger partial charge in [0.05, 0.1) is 18.6 Å². The number of anilines is 1. The van der Waals surface area contributed by atoms with E-state index in [1.165, 1.54) is 13.3 Å². The highest BCUT2D eigenvalue weighted by molar-refractivity contribution is 5.87. The maximum Gasteiger partial charge on any atom is 0.413 e. The lowest BCUT2D eigenvalue weighted by Gasteiger charge is -2.29. The van der Waals surface area contributed by atoms with Crippen molar-refractivity contribution >= 4 is 23.8 Å². The van der Waals surface area contributed by atoms with E-state index in [2.05, 4.69) is 21.9 Å². The van der Waals surface area contributed by atoms with Crippen LogP contribution in [0.25, 0.3) is 0 Å². The molecule has 7 N–H and O–H groups in total. The summed E-state index contributed by atoms with van der Waals surface area (Å²) in [6, 6.07) is -1.20. The molecule has 1 unspecified atom stereocenters. The number of carboxylic acids is 1. The smallest absolute Gasteiger partial charge is 0.413 e. The molecule has 1 aliphatic heterocycles. The number of carbonyl (C=O) groups excluding carboxylic acids is 2. The predicted molar refractivity (Wildman–Crippen MR) is 132 cm³/mol. The van der Waals surface area contributed by atoms with Gasteiger partial charge in [-0.1, -0.05) is 38.7 Å². The Morgan fingerprint density at radius 3 is 2.61 bits per heavy atom. The Hall–Kier alpha value is -3.33. The van der Waals surface area contributed by atoms with E-state index >= 15 is 0 Å². The number of ether oxygens (including phenoxy) is 2. The quantitative estimate of drug-likeness (QED) is 0.0805. The van der Waals surface area contributed by atoms with Crippen molar-refractivity contribution in [2.75, 3.05) is 11.9 Å². The average Bonchev–Trinajstić information content (AvgIpc) is 3.26. The first-order valence-corrected chi connectivity index (χ1v) is 12.5. The van der Waals surface area contributed by atoms with Crippen LogP contribution in [-0.4, -0.2) is 73.3 Å². The van der Waals surface area contributed by atoms with Crippen LogP contribution in [0.3, 0.4) is 0 Å². The van der Waals surface area contributed by atoms with Crippen molar-refractivity contribution in [2.45, 2.75) is 76.4 Å². The number of rotatable bonds is 10. The normalized spacial score (nSPS) is 21.7. The van der Waals surface area contributed by atoms with Gasteiger partial charge in [-0.15, -0.1) is 0 Å². The van der Waals surface area contributed by atoms with Crippen molar-refractivity contribution < 1.29 is 39.2 Å². The summed E-state index contributed by atoms with van der Waals surface area (Å²) < 4.78 is 10.6. The Morgan fingerprint density at radius 2 is 2.00 bits per heavy atom. The summed E-state index contributed by atoms with van der Waals surface area (Å²) in [6.45, 7) is 5.06. The summed E-state index contributed by atoms with van der Waals surface area (Å²) in [5.41, 5.74) is -0.424. The van der Waals surface area contributed by atoms with Gasteiger partial charge in [0.1, 0.15) is 11.9 Å². The fourth-order valence-electron chi connectivity index (χ4n) is 4.79. The Bertz CT molecular complexity index is 1090. The highest BCUT2D eigenvalue weighted by Crippen LogP contribution is 2.39. The number of nitrogens with two attached hydrogens (primary N) is 1. The summed E-state index contributed by atoms with van der Waals surface area (Å²) in [5.74, 6) is 3.33. The van der Waals surface area contributed by atoms with Crippen LogP contribution in [0, 0.1) is 11.8 Å². The van der Waals surface area contributed by atoms with E-state index in [9.17, 15) is 34.5 Å². The average molecular weight is 538 g/mol. The van der Waals surface area contributed by atoms with Gasteiger partial charge >= 0.3 is 17.8 Å². The van der Waals surface area contributed by atoms with E-state index in [1.807, 2.05) is 0 Å². The van der Waals surface area contributed by atoms with E-state index in [-0.39, 0.29) is 30.0 Å². The Labute approximate surface area is 218 Å². The van der Waals surface area contributed by atoms with Crippen molar-refractivity contribution in [3.63, 3.8) is 0 Å². The topological polar surface area (TPSA) is 217 Å². The van der Waals surface area contributed by atoms with Crippen molar-refractivity contribution in [3.8, 4) is 0 Å². The Morgan fingerprint density at radius 1 is 1.32 bits per heavy atom. The number of hydrogen-bond donors (Lipinski definition) is 6. The summed E-state index contributed by atoms with van der Waals surface area (Å²) in [7, 11) is 0. The van der Waals surface area contributed by atoms with Gasteiger partial charge in [0.15, 0.2) is 6.29 Å². The minimum atomic E-state index is -1.82. The number of amides is 2. The fraction of sp³-hybridized carbons (Fsp3) is 0.625. The number of carboxylic acid groups (broad SMARTS) is 1. The zero-order valence-corrected chi connectivity index (χ0v) is 21.2. The van der Waals surface area contributed by atoms with Crippen molar-refractivity contribution in [1.82, 2.24) is 15.0 Å². The van der Waals surface area contributed by atoms with Crippen molar-refractivity contribution in [3.05, 3.63) is 34.4 Å². The number of H-pyrrole nitrogens is 1. The standard InChI is InChI=1S/C24H35N5O9/c1-12-16(21(31)32)11-37-18(12)15-10-26-23(35)27-20(15)28-24(36)38-19(22(33)34)13(2)29(25)17(30)9-8-14-6-4-3-5-7-14/h10,13-14,16,18-19,21,31-32H,1,3-9,11,25H2,2H3,(H,33,34)(H2,26,27,28,35,36)/t13-,16+,18?,19+/m0/s1. The number of aromatic amines is 1. The van der Waals surface area contributed by atoms with E-state index in [0.717, 1.165) is 36.9 Å². The van der Waals surface area contributed by atoms with Gasteiger partial charge in [-0.05, 0) is 24.8 Å². The van der Waals surface area contributed by atoms with Crippen LogP contribution in [-0.2, 0) is 19.1 Å². The maximum absolute atomic E-state index is 12.7. The third-order valence-electron chi connectivity index (χ3n) is 7.10. The number of carbonyl (C=O) groups is 3. The van der Waals surface area contributed by atoms with Crippen LogP contribution in [0.1, 0.15) is 63.5 Å². The summed E-state index contributed by atoms with van der Waals surface area (Å²) in [4.78, 5) is 54.9. The first-order chi connectivity index (χ1) is 18.0. The number of hydrazine groups is 1. The molecule has 0 radical (unpaired) electrons. The largest absolute Gasteiger partial charge is 0.478 e. The van der Waals surface area contributed by atoms with Crippen LogP contribution in [0.2, 0.25) is 0 Å². The Balaban J connectivity index is 1.66. The van der Waals surface area contributed by atoms with E-state index in [1.54, 1.807) is 0 Å². The zero-order chi connectivity index (χ0) is 28.0. The van der Waals surface area contributed by atoms with Gasteiger partial charge in [0.25, 0.3) is 0 Å². The van der Waals surface area contributed by atoms with Crippen LogP contribution in [0.5, 0.6) is 0 Å². The van der Waals surface area contributed by atoms with Gasteiger partial charge in [0, 0.05) is 18.2 Å². The number of aliphatic carboxylic acids is 1. The van der Waals surface area contributed by atoms with Crippen LogP contribution in [0.15, 0.2) is 23.1 Å². The number of hydrogen-bond acceptors (Lipinski definition) is 10. The minimum Gasteiger partial charge on any atom is -0.478 e. The van der Waals surface area contributed by atoms with Gasteiger partial charge in [-0.2, -0.15) is 0 Å². The molecule has 0 bridgehead atoms. The third-order valence-corrected chi connectivity index (χ3v) is 7.10. The van der Waals surface area contributed by atoms with Crippen molar-refractivity contribution in [1.29, 1.82) is 0 Å². The summed E-state index contributed by atoms with van der Waals surface area (Å²) >= 11 is 0. The van der Waals surface area contributed by atoms with Gasteiger partial charge < -0.3 is 24.8 Å². The first-order valence-electron chi connectivity index (χ1n) is 12.5. The maximum atomic E-state index is 12.7. The monoisotopic (exact) mass is 537 g/mol. The molecule has 2 aliphatic rings. The highest BCUT2D eigenvalue weighted by Gasteiger charge is 2.38. The number of aliphatic hydroxyl groups excluding tert-OH is 1. The second kappa shape index (κ2) is 13.0. The fourth-order valence-corrected chi connectivity index (χ4v) is 4.79. The molecule has 4 atom stereocenters. The molecule has 2 fully saturated rings. The van der Waals surface area contributed by atoms with Crippen LogP contribution in [0.4, 0.5) is 10.6 Å². The minimum absolute atomic E-state index is 0.0795. The zero-order valence-electron chi connectivity index (χ0n) is 21.2. The van der Waals surface area contributed by atoms with Crippen LogP contribution >= 0.6 is 0 Å². The number of nitrogens with one attached hydrogen (secondary N) is 2. The Kier molecular flexibility index (Phi) is 9.96. The molecule has 1 saturated carbocycles. The number of nitrogens with zero attached hydrogens (tertiary/aromatic N) is 2. The summed E-state index contributed by atoms with van der Waals surface area (Å²) in [6.07, 6.45) is 1.71. The van der Waals surface area contributed by atoms with Gasteiger partial charge in [-0.25, -0.2) is 25.2 Å². The SMILES string of the molecule is C=C1C(c2cnc(=O)[nH]c2NC(=O)O[C@@H](C(=O)O)[C@H](C)N(N)C(=O)CCC2CCCCC2)OC[C@H]1C(O)O. The van der Waals surface area contributed by atoms with Gasteiger partial charge in [0.2, 0.25) is 12.0 Å². The molecule has 1 aromatic heterocycles. The van der Waals surface area contributed by atoms with E-state index in [0.29, 0.717) is 12.3 Å². The molecule has 2 heterocycles. The first kappa shape index (κ1) is 29.2. The molecule has 38 heavy (non-hydrogen) atoms. The molecule has 14 heteroatoms. The molecule has 210 valence electrons. The molecular formula is C24H35N5O9. The van der Waals surface area contributed by atoms with E-state index < -0.39 is 54.1 Å². The molecule has 1 aliphatic carbocycles. The lowest BCUT2D eigenvalue weighted by molar-refractivity contribution is -0.152. The lowest BCUT2D eigenvalue weighted by Crippen LogP contribution is -2.53. The van der Waals surface area contributed by atoms with E-state index in [4.69, 9.17) is 15.3 Å².